The van der Waals surface area contributed by atoms with Crippen LogP contribution in [0.2, 0.25) is 0 Å². The van der Waals surface area contributed by atoms with Crippen LogP contribution >= 0.6 is 0 Å². The molecule has 0 spiro atoms. The lowest BCUT2D eigenvalue weighted by atomic mass is 9.88. The van der Waals surface area contributed by atoms with E-state index in [-0.39, 0.29) is 11.2 Å². The largest absolute Gasteiger partial charge is 0.361 e. The standard InChI is InChI=1S/C14H22O/c1-13(9-5-3-6-10-13)15-14(2)11-7-4-8-12-14/h5,7,9,11H,3-4,6,8,10,12H2,1-2H3. The highest BCUT2D eigenvalue weighted by molar-refractivity contribution is 5.10. The molecule has 0 aromatic heterocycles. The Morgan fingerprint density at radius 1 is 0.867 bits per heavy atom. The van der Waals surface area contributed by atoms with Crippen LogP contribution in [0.5, 0.6) is 0 Å². The molecule has 0 bridgehead atoms. The molecule has 0 saturated heterocycles. The summed E-state index contributed by atoms with van der Waals surface area (Å²) in [4.78, 5) is 0. The second-order valence-corrected chi connectivity index (χ2v) is 5.32. The Balaban J connectivity index is 2.06. The van der Waals surface area contributed by atoms with Crippen LogP contribution < -0.4 is 0 Å². The Kier molecular flexibility index (Phi) is 3.01. The normalized spacial score (nSPS) is 40.7. The van der Waals surface area contributed by atoms with Crippen LogP contribution in [0.15, 0.2) is 24.3 Å². The zero-order chi connectivity index (χ0) is 10.8. The summed E-state index contributed by atoms with van der Waals surface area (Å²) >= 11 is 0. The van der Waals surface area contributed by atoms with Gasteiger partial charge < -0.3 is 4.74 Å². The third kappa shape index (κ3) is 2.72. The highest BCUT2D eigenvalue weighted by Crippen LogP contribution is 2.35. The molecule has 0 fully saturated rings. The van der Waals surface area contributed by atoms with E-state index >= 15 is 0 Å². The third-order valence-electron chi connectivity index (χ3n) is 3.50. The van der Waals surface area contributed by atoms with Gasteiger partial charge in [0.05, 0.1) is 11.2 Å². The highest BCUT2D eigenvalue weighted by atomic mass is 16.5. The number of hydrogen-bond donors (Lipinski definition) is 0. The van der Waals surface area contributed by atoms with Crippen LogP contribution in [-0.4, -0.2) is 11.2 Å². The summed E-state index contributed by atoms with van der Waals surface area (Å²) in [7, 11) is 0. The van der Waals surface area contributed by atoms with Gasteiger partial charge in [-0.1, -0.05) is 24.3 Å². The first-order valence-electron chi connectivity index (χ1n) is 6.18. The minimum Gasteiger partial charge on any atom is -0.361 e. The van der Waals surface area contributed by atoms with E-state index in [1.807, 2.05) is 0 Å². The molecule has 2 unspecified atom stereocenters. The molecule has 2 atom stereocenters. The van der Waals surface area contributed by atoms with Crippen molar-refractivity contribution in [1.82, 2.24) is 0 Å². The minimum absolute atomic E-state index is 0.0331. The molecule has 0 aromatic rings. The molecule has 84 valence electrons. The average Bonchev–Trinajstić information content (AvgIpc) is 2.18. The summed E-state index contributed by atoms with van der Waals surface area (Å²) in [5.41, 5.74) is -0.0661. The van der Waals surface area contributed by atoms with E-state index in [0.717, 1.165) is 12.8 Å². The summed E-state index contributed by atoms with van der Waals surface area (Å²) in [6, 6.07) is 0. The maximum Gasteiger partial charge on any atom is 0.0846 e. The molecule has 0 N–H and O–H groups in total. The zero-order valence-electron chi connectivity index (χ0n) is 9.96. The molecule has 1 heteroatoms. The fourth-order valence-electron chi connectivity index (χ4n) is 2.68. The first-order chi connectivity index (χ1) is 7.12. The molecule has 15 heavy (non-hydrogen) atoms. The third-order valence-corrected chi connectivity index (χ3v) is 3.50. The fourth-order valence-corrected chi connectivity index (χ4v) is 2.68. The van der Waals surface area contributed by atoms with Crippen molar-refractivity contribution < 1.29 is 4.74 Å². The van der Waals surface area contributed by atoms with E-state index in [0.29, 0.717) is 0 Å². The molecular formula is C14H22O. The van der Waals surface area contributed by atoms with Gasteiger partial charge in [-0.15, -0.1) is 0 Å². The van der Waals surface area contributed by atoms with Crippen molar-refractivity contribution in [2.24, 2.45) is 0 Å². The van der Waals surface area contributed by atoms with E-state index < -0.39 is 0 Å². The van der Waals surface area contributed by atoms with Crippen LogP contribution in [0.25, 0.3) is 0 Å². The quantitative estimate of drug-likeness (QED) is 0.620. The van der Waals surface area contributed by atoms with Crippen LogP contribution in [-0.2, 0) is 4.74 Å². The number of allylic oxidation sites excluding steroid dienone is 2. The van der Waals surface area contributed by atoms with Gasteiger partial charge in [0.2, 0.25) is 0 Å². The lowest BCUT2D eigenvalue weighted by Crippen LogP contribution is -2.40. The maximum absolute atomic E-state index is 6.33. The summed E-state index contributed by atoms with van der Waals surface area (Å²) in [6.45, 7) is 4.44. The molecule has 0 radical (unpaired) electrons. The Bertz CT molecular complexity index is 251. The molecule has 0 saturated carbocycles. The predicted molar refractivity (Wildman–Crippen MR) is 63.9 cm³/mol. The van der Waals surface area contributed by atoms with Crippen molar-refractivity contribution in [3.05, 3.63) is 24.3 Å². The Morgan fingerprint density at radius 3 is 1.67 bits per heavy atom. The van der Waals surface area contributed by atoms with Crippen molar-refractivity contribution in [3.8, 4) is 0 Å². The molecule has 0 heterocycles. The Labute approximate surface area is 93.2 Å². The lowest BCUT2D eigenvalue weighted by molar-refractivity contribution is -0.101. The van der Waals surface area contributed by atoms with Gasteiger partial charge in [0, 0.05) is 0 Å². The van der Waals surface area contributed by atoms with Crippen LogP contribution in [0.3, 0.4) is 0 Å². The Morgan fingerprint density at radius 2 is 1.33 bits per heavy atom. The zero-order valence-corrected chi connectivity index (χ0v) is 9.96. The molecule has 0 aliphatic heterocycles. The second-order valence-electron chi connectivity index (χ2n) is 5.32. The molecule has 2 aliphatic rings. The average molecular weight is 206 g/mol. The van der Waals surface area contributed by atoms with E-state index in [2.05, 4.69) is 38.2 Å². The smallest absolute Gasteiger partial charge is 0.0846 e. The van der Waals surface area contributed by atoms with E-state index in [4.69, 9.17) is 4.74 Å². The molecule has 1 nitrogen and oxygen atoms in total. The van der Waals surface area contributed by atoms with Crippen molar-refractivity contribution in [2.45, 2.75) is 63.6 Å². The van der Waals surface area contributed by atoms with Gasteiger partial charge in [-0.3, -0.25) is 0 Å². The molecular weight excluding hydrogens is 184 g/mol. The van der Waals surface area contributed by atoms with Crippen molar-refractivity contribution in [3.63, 3.8) is 0 Å². The van der Waals surface area contributed by atoms with Crippen LogP contribution in [0, 0.1) is 0 Å². The van der Waals surface area contributed by atoms with Gasteiger partial charge in [-0.2, -0.15) is 0 Å². The van der Waals surface area contributed by atoms with Gasteiger partial charge in [0.15, 0.2) is 0 Å². The molecule has 0 aromatic carbocycles. The van der Waals surface area contributed by atoms with Crippen LogP contribution in [0.4, 0.5) is 0 Å². The summed E-state index contributed by atoms with van der Waals surface area (Å²) in [5.74, 6) is 0. The van der Waals surface area contributed by atoms with E-state index in [1.165, 1.54) is 25.7 Å². The number of rotatable bonds is 2. The first kappa shape index (κ1) is 10.9. The van der Waals surface area contributed by atoms with Gasteiger partial charge in [0.1, 0.15) is 0 Å². The molecule has 2 rings (SSSR count). The number of ether oxygens (including phenoxy) is 1. The SMILES string of the molecule is CC1(OC2(C)C=CCCC2)C=CCCC1. The molecule has 2 aliphatic carbocycles. The second kappa shape index (κ2) is 4.13. The topological polar surface area (TPSA) is 9.23 Å². The van der Waals surface area contributed by atoms with Crippen molar-refractivity contribution in [1.29, 1.82) is 0 Å². The summed E-state index contributed by atoms with van der Waals surface area (Å²) in [6.07, 6.45) is 16.3. The lowest BCUT2D eigenvalue weighted by Gasteiger charge is -2.40. The molecule has 0 amide bonds. The monoisotopic (exact) mass is 206 g/mol. The van der Waals surface area contributed by atoms with Gasteiger partial charge in [-0.25, -0.2) is 0 Å². The van der Waals surface area contributed by atoms with Crippen LogP contribution in [0.1, 0.15) is 52.4 Å². The minimum atomic E-state index is -0.0331. The fraction of sp³-hybridized carbons (Fsp3) is 0.714. The van der Waals surface area contributed by atoms with E-state index in [9.17, 15) is 0 Å². The Hall–Kier alpha value is -0.560. The summed E-state index contributed by atoms with van der Waals surface area (Å²) < 4.78 is 6.33. The maximum atomic E-state index is 6.33. The van der Waals surface area contributed by atoms with Gasteiger partial charge >= 0.3 is 0 Å². The summed E-state index contributed by atoms with van der Waals surface area (Å²) in [5, 5.41) is 0. The predicted octanol–water partition coefficient (Wildman–Crippen LogP) is 4.00. The van der Waals surface area contributed by atoms with E-state index in [1.54, 1.807) is 0 Å². The van der Waals surface area contributed by atoms with Gasteiger partial charge in [-0.05, 0) is 52.4 Å². The van der Waals surface area contributed by atoms with Crippen molar-refractivity contribution >= 4 is 0 Å². The first-order valence-corrected chi connectivity index (χ1v) is 6.18. The van der Waals surface area contributed by atoms with Gasteiger partial charge in [0.25, 0.3) is 0 Å². The van der Waals surface area contributed by atoms with Crippen molar-refractivity contribution in [2.75, 3.05) is 0 Å². The highest BCUT2D eigenvalue weighted by Gasteiger charge is 2.33. The number of hydrogen-bond acceptors (Lipinski definition) is 1.